The minimum atomic E-state index is -0.129. The summed E-state index contributed by atoms with van der Waals surface area (Å²) in [4.78, 5) is 23.2. The van der Waals surface area contributed by atoms with E-state index >= 15 is 0 Å². The highest BCUT2D eigenvalue weighted by Crippen LogP contribution is 2.26. The van der Waals surface area contributed by atoms with E-state index in [1.54, 1.807) is 11.9 Å². The van der Waals surface area contributed by atoms with Gasteiger partial charge in [0, 0.05) is 19.7 Å². The molecule has 0 fully saturated rings. The third-order valence-electron chi connectivity index (χ3n) is 2.90. The lowest BCUT2D eigenvalue weighted by atomic mass is 9.81. The van der Waals surface area contributed by atoms with E-state index in [0.717, 1.165) is 0 Å². The van der Waals surface area contributed by atoms with Crippen LogP contribution in [-0.4, -0.2) is 30.7 Å². The summed E-state index contributed by atoms with van der Waals surface area (Å²) in [5.41, 5.74) is 0.0828. The molecule has 0 aromatic rings. The predicted octanol–water partition coefficient (Wildman–Crippen LogP) is 1.88. The van der Waals surface area contributed by atoms with Crippen molar-refractivity contribution < 1.29 is 9.59 Å². The molecule has 0 atom stereocenters. The Kier molecular flexibility index (Phi) is 5.26. The van der Waals surface area contributed by atoms with Crippen molar-refractivity contribution in [2.45, 2.75) is 27.7 Å². The highest BCUT2D eigenvalue weighted by molar-refractivity contribution is 5.90. The van der Waals surface area contributed by atoms with Crippen molar-refractivity contribution in [1.29, 1.82) is 0 Å². The molecule has 0 aliphatic heterocycles. The van der Waals surface area contributed by atoms with Crippen LogP contribution in [0.4, 0.5) is 0 Å². The predicted molar refractivity (Wildman–Crippen MR) is 61.5 cm³/mol. The number of carbonyl (C=O) groups excluding carboxylic acids is 2. The summed E-state index contributed by atoms with van der Waals surface area (Å²) in [5, 5.41) is 0. The first-order chi connectivity index (χ1) is 6.81. The molecule has 0 aromatic carbocycles. The van der Waals surface area contributed by atoms with E-state index in [-0.39, 0.29) is 11.3 Å². The van der Waals surface area contributed by atoms with Crippen LogP contribution in [0.3, 0.4) is 0 Å². The number of aldehydes is 1. The Labute approximate surface area is 92.1 Å². The normalized spacial score (nSPS) is 12.1. The zero-order valence-electron chi connectivity index (χ0n) is 10.3. The Bertz CT molecular complexity index is 254. The van der Waals surface area contributed by atoms with Gasteiger partial charge in [0.15, 0.2) is 0 Å². The maximum absolute atomic E-state index is 11.5. The molecule has 0 radical (unpaired) electrons. The van der Waals surface area contributed by atoms with Crippen molar-refractivity contribution in [2.75, 3.05) is 13.6 Å². The molecule has 0 saturated heterocycles. The summed E-state index contributed by atoms with van der Waals surface area (Å²) in [6, 6.07) is 0. The maximum atomic E-state index is 11.5. The molecule has 0 spiro atoms. The second-order valence-electron chi connectivity index (χ2n) is 4.83. The van der Waals surface area contributed by atoms with Crippen molar-refractivity contribution >= 4 is 12.2 Å². The largest absolute Gasteiger partial charge is 0.342 e. The first kappa shape index (κ1) is 13.9. The van der Waals surface area contributed by atoms with Crippen molar-refractivity contribution in [3.05, 3.63) is 12.2 Å². The number of hydrogen-bond acceptors (Lipinski definition) is 2. The van der Waals surface area contributed by atoms with Crippen molar-refractivity contribution in [2.24, 2.45) is 11.3 Å². The molecule has 0 rings (SSSR count). The smallest absolute Gasteiger partial charge is 0.246 e. The number of likely N-dealkylation sites (N-methyl/N-ethyl adjacent to an activating group) is 1. The van der Waals surface area contributed by atoms with E-state index in [1.165, 1.54) is 12.2 Å². The van der Waals surface area contributed by atoms with Gasteiger partial charge in [-0.2, -0.15) is 0 Å². The SMILES string of the molecule is CC(C)C(C)(C)CN(C)C(=O)/C=C\C=O. The lowest BCUT2D eigenvalue weighted by molar-refractivity contribution is -0.126. The average molecular weight is 211 g/mol. The van der Waals surface area contributed by atoms with E-state index in [1.807, 2.05) is 0 Å². The van der Waals surface area contributed by atoms with Crippen LogP contribution in [0.15, 0.2) is 12.2 Å². The molecule has 86 valence electrons. The Balaban J connectivity index is 4.36. The van der Waals surface area contributed by atoms with Crippen LogP contribution in [0, 0.1) is 11.3 Å². The third-order valence-corrected chi connectivity index (χ3v) is 2.90. The van der Waals surface area contributed by atoms with Crippen LogP contribution in [-0.2, 0) is 9.59 Å². The van der Waals surface area contributed by atoms with Crippen LogP contribution in [0.2, 0.25) is 0 Å². The van der Waals surface area contributed by atoms with Gasteiger partial charge in [-0.25, -0.2) is 0 Å². The van der Waals surface area contributed by atoms with E-state index in [9.17, 15) is 9.59 Å². The van der Waals surface area contributed by atoms with Gasteiger partial charge in [0.05, 0.1) is 0 Å². The maximum Gasteiger partial charge on any atom is 0.246 e. The monoisotopic (exact) mass is 211 g/mol. The van der Waals surface area contributed by atoms with Gasteiger partial charge < -0.3 is 4.90 Å². The fourth-order valence-corrected chi connectivity index (χ4v) is 1.12. The minimum Gasteiger partial charge on any atom is -0.342 e. The second-order valence-corrected chi connectivity index (χ2v) is 4.83. The molecule has 1 amide bonds. The van der Waals surface area contributed by atoms with Gasteiger partial charge in [-0.05, 0) is 17.4 Å². The minimum absolute atomic E-state index is 0.0828. The lowest BCUT2D eigenvalue weighted by Gasteiger charge is -2.33. The molecule has 0 N–H and O–H groups in total. The first-order valence-corrected chi connectivity index (χ1v) is 5.18. The molecular weight excluding hydrogens is 190 g/mol. The number of hydrogen-bond donors (Lipinski definition) is 0. The van der Waals surface area contributed by atoms with Crippen molar-refractivity contribution in [1.82, 2.24) is 4.90 Å². The molecule has 0 saturated carbocycles. The van der Waals surface area contributed by atoms with Crippen LogP contribution >= 0.6 is 0 Å². The molecule has 3 heteroatoms. The Hall–Kier alpha value is -1.12. The van der Waals surface area contributed by atoms with Gasteiger partial charge in [-0.15, -0.1) is 0 Å². The number of carbonyl (C=O) groups is 2. The summed E-state index contributed by atoms with van der Waals surface area (Å²) in [5.74, 6) is 0.374. The number of allylic oxidation sites excluding steroid dienone is 1. The van der Waals surface area contributed by atoms with Crippen LogP contribution in [0.25, 0.3) is 0 Å². The van der Waals surface area contributed by atoms with Gasteiger partial charge in [0.2, 0.25) is 5.91 Å². The number of rotatable bonds is 5. The quantitative estimate of drug-likeness (QED) is 0.514. The molecule has 0 heterocycles. The molecule has 0 unspecified atom stereocenters. The van der Waals surface area contributed by atoms with Gasteiger partial charge in [-0.3, -0.25) is 9.59 Å². The standard InChI is InChI=1S/C12H21NO2/c1-10(2)12(3,4)9-13(5)11(15)7-6-8-14/h6-8,10H,9H2,1-5H3/b7-6-. The Morgan fingerprint density at radius 1 is 1.40 bits per heavy atom. The zero-order valence-corrected chi connectivity index (χ0v) is 10.3. The highest BCUT2D eigenvalue weighted by atomic mass is 16.2. The van der Waals surface area contributed by atoms with E-state index in [2.05, 4.69) is 27.7 Å². The zero-order chi connectivity index (χ0) is 12.1. The molecular formula is C12H21NO2. The molecule has 0 aliphatic carbocycles. The summed E-state index contributed by atoms with van der Waals surface area (Å²) >= 11 is 0. The summed E-state index contributed by atoms with van der Waals surface area (Å²) in [6.45, 7) is 9.22. The molecule has 0 bridgehead atoms. The fraction of sp³-hybridized carbons (Fsp3) is 0.667. The highest BCUT2D eigenvalue weighted by Gasteiger charge is 2.25. The second kappa shape index (κ2) is 5.69. The van der Waals surface area contributed by atoms with Crippen molar-refractivity contribution in [3.63, 3.8) is 0 Å². The Morgan fingerprint density at radius 2 is 1.93 bits per heavy atom. The average Bonchev–Trinajstić information content (AvgIpc) is 2.13. The van der Waals surface area contributed by atoms with Gasteiger partial charge in [-0.1, -0.05) is 27.7 Å². The summed E-state index contributed by atoms with van der Waals surface area (Å²) in [7, 11) is 1.75. The van der Waals surface area contributed by atoms with Crippen LogP contribution < -0.4 is 0 Å². The van der Waals surface area contributed by atoms with Crippen LogP contribution in [0.5, 0.6) is 0 Å². The van der Waals surface area contributed by atoms with E-state index in [4.69, 9.17) is 0 Å². The third kappa shape index (κ3) is 4.77. The number of amides is 1. The van der Waals surface area contributed by atoms with E-state index < -0.39 is 0 Å². The van der Waals surface area contributed by atoms with Gasteiger partial charge >= 0.3 is 0 Å². The van der Waals surface area contributed by atoms with Crippen molar-refractivity contribution in [3.8, 4) is 0 Å². The topological polar surface area (TPSA) is 37.4 Å². The Morgan fingerprint density at radius 3 is 2.33 bits per heavy atom. The molecule has 15 heavy (non-hydrogen) atoms. The van der Waals surface area contributed by atoms with E-state index in [0.29, 0.717) is 18.7 Å². The van der Waals surface area contributed by atoms with Gasteiger partial charge in [0.25, 0.3) is 0 Å². The summed E-state index contributed by atoms with van der Waals surface area (Å²) in [6.07, 6.45) is 3.13. The number of nitrogens with zero attached hydrogens (tertiary/aromatic N) is 1. The first-order valence-electron chi connectivity index (χ1n) is 5.18. The summed E-state index contributed by atoms with van der Waals surface area (Å²) < 4.78 is 0. The lowest BCUT2D eigenvalue weighted by Crippen LogP contribution is -2.37. The van der Waals surface area contributed by atoms with Crippen LogP contribution in [0.1, 0.15) is 27.7 Å². The fourth-order valence-electron chi connectivity index (χ4n) is 1.12. The molecule has 3 nitrogen and oxygen atoms in total. The molecule has 0 aliphatic rings. The molecule has 0 aromatic heterocycles. The van der Waals surface area contributed by atoms with Gasteiger partial charge in [0.1, 0.15) is 6.29 Å².